The Labute approximate surface area is 122 Å². The van der Waals surface area contributed by atoms with E-state index in [0.717, 1.165) is 22.9 Å². The molecule has 1 aromatic carbocycles. The number of hydrogen-bond donors (Lipinski definition) is 2. The van der Waals surface area contributed by atoms with Crippen LogP contribution in [0.2, 0.25) is 0 Å². The lowest BCUT2D eigenvalue weighted by atomic mass is 9.78. The summed E-state index contributed by atoms with van der Waals surface area (Å²) in [6.07, 6.45) is 3.18. The summed E-state index contributed by atoms with van der Waals surface area (Å²) in [5, 5.41) is 2.91. The maximum Gasteiger partial charge on any atom is 0.251 e. The van der Waals surface area contributed by atoms with Gasteiger partial charge in [-0.3, -0.25) is 4.79 Å². The third kappa shape index (κ3) is 3.70. The Hall–Kier alpha value is -0.580. The van der Waals surface area contributed by atoms with Gasteiger partial charge in [0.2, 0.25) is 0 Å². The van der Waals surface area contributed by atoms with Crippen molar-refractivity contribution in [2.24, 2.45) is 5.73 Å². The summed E-state index contributed by atoms with van der Waals surface area (Å²) in [5.74, 6) is -0.0499. The first-order valence-corrected chi connectivity index (χ1v) is 6.62. The number of carbonyl (C=O) groups is 1. The highest BCUT2D eigenvalue weighted by molar-refractivity contribution is 9.10. The third-order valence-corrected chi connectivity index (χ3v) is 3.71. The van der Waals surface area contributed by atoms with E-state index < -0.39 is 0 Å². The standard InChI is InChI=1S/C13H17BrN2O.ClH/c1-9-5-10(7-11(14)6-9)12(17)16-8-13(15)3-2-4-13;/h5-7H,2-4,8,15H2,1H3,(H,16,17);1H. The molecule has 0 unspecified atom stereocenters. The summed E-state index contributed by atoms with van der Waals surface area (Å²) in [4.78, 5) is 11.9. The van der Waals surface area contributed by atoms with Gasteiger partial charge in [0.1, 0.15) is 0 Å². The summed E-state index contributed by atoms with van der Waals surface area (Å²) in [7, 11) is 0. The van der Waals surface area contributed by atoms with E-state index in [0.29, 0.717) is 12.1 Å². The van der Waals surface area contributed by atoms with Gasteiger partial charge in [-0.2, -0.15) is 0 Å². The number of carbonyl (C=O) groups excluding carboxylic acids is 1. The van der Waals surface area contributed by atoms with E-state index in [2.05, 4.69) is 21.2 Å². The number of nitrogens with two attached hydrogens (primary N) is 1. The molecule has 1 aliphatic rings. The van der Waals surface area contributed by atoms with E-state index in [9.17, 15) is 4.79 Å². The van der Waals surface area contributed by atoms with Crippen LogP contribution in [0, 0.1) is 6.92 Å². The molecule has 0 saturated heterocycles. The molecule has 1 aromatic rings. The van der Waals surface area contributed by atoms with Gasteiger partial charge in [-0.15, -0.1) is 12.4 Å². The van der Waals surface area contributed by atoms with Crippen molar-refractivity contribution >= 4 is 34.2 Å². The van der Waals surface area contributed by atoms with Crippen LogP contribution in [0.3, 0.4) is 0 Å². The van der Waals surface area contributed by atoms with E-state index in [1.54, 1.807) is 0 Å². The van der Waals surface area contributed by atoms with Crippen LogP contribution in [-0.4, -0.2) is 18.0 Å². The Morgan fingerprint density at radius 1 is 1.44 bits per heavy atom. The molecule has 0 heterocycles. The maximum absolute atomic E-state index is 11.9. The number of rotatable bonds is 3. The fourth-order valence-corrected chi connectivity index (χ4v) is 2.64. The average Bonchev–Trinajstić information content (AvgIpc) is 2.22. The van der Waals surface area contributed by atoms with Crippen LogP contribution in [0.25, 0.3) is 0 Å². The fourth-order valence-electron chi connectivity index (χ4n) is 2.03. The van der Waals surface area contributed by atoms with Gasteiger partial charge in [-0.25, -0.2) is 0 Å². The van der Waals surface area contributed by atoms with E-state index >= 15 is 0 Å². The number of amides is 1. The van der Waals surface area contributed by atoms with E-state index in [-0.39, 0.29) is 23.9 Å². The van der Waals surface area contributed by atoms with E-state index in [1.807, 2.05) is 25.1 Å². The number of aryl methyl sites for hydroxylation is 1. The normalized spacial score (nSPS) is 16.4. The molecule has 3 N–H and O–H groups in total. The van der Waals surface area contributed by atoms with Gasteiger partial charge in [0.25, 0.3) is 5.91 Å². The van der Waals surface area contributed by atoms with E-state index in [1.165, 1.54) is 6.42 Å². The van der Waals surface area contributed by atoms with Crippen molar-refractivity contribution in [1.29, 1.82) is 0 Å². The zero-order chi connectivity index (χ0) is 12.5. The highest BCUT2D eigenvalue weighted by atomic mass is 79.9. The highest BCUT2D eigenvalue weighted by Crippen LogP contribution is 2.28. The zero-order valence-corrected chi connectivity index (χ0v) is 12.7. The molecule has 1 aliphatic carbocycles. The van der Waals surface area contributed by atoms with Crippen LogP contribution >= 0.6 is 28.3 Å². The number of halogens is 2. The summed E-state index contributed by atoms with van der Waals surface area (Å²) in [5.41, 5.74) is 7.64. The van der Waals surface area contributed by atoms with Crippen molar-refractivity contribution in [2.75, 3.05) is 6.54 Å². The molecule has 18 heavy (non-hydrogen) atoms. The van der Waals surface area contributed by atoms with Gasteiger partial charge in [0.15, 0.2) is 0 Å². The molecule has 0 spiro atoms. The van der Waals surface area contributed by atoms with Crippen LogP contribution < -0.4 is 11.1 Å². The molecule has 1 saturated carbocycles. The lowest BCUT2D eigenvalue weighted by Crippen LogP contribution is -2.54. The van der Waals surface area contributed by atoms with Crippen LogP contribution in [0.5, 0.6) is 0 Å². The second-order valence-electron chi connectivity index (χ2n) is 4.92. The molecule has 0 aliphatic heterocycles. The van der Waals surface area contributed by atoms with Crippen LogP contribution in [-0.2, 0) is 0 Å². The van der Waals surface area contributed by atoms with Crippen molar-refractivity contribution < 1.29 is 4.79 Å². The first kappa shape index (κ1) is 15.5. The molecule has 2 rings (SSSR count). The Morgan fingerprint density at radius 2 is 2.11 bits per heavy atom. The summed E-state index contributed by atoms with van der Waals surface area (Å²) < 4.78 is 0.925. The first-order valence-electron chi connectivity index (χ1n) is 5.83. The van der Waals surface area contributed by atoms with Gasteiger partial charge in [-0.1, -0.05) is 15.9 Å². The smallest absolute Gasteiger partial charge is 0.251 e. The second-order valence-corrected chi connectivity index (χ2v) is 5.83. The minimum atomic E-state index is -0.170. The Bertz CT molecular complexity index is 426. The van der Waals surface area contributed by atoms with Gasteiger partial charge in [0, 0.05) is 22.1 Å². The molecule has 0 radical (unpaired) electrons. The fraction of sp³-hybridized carbons (Fsp3) is 0.462. The second kappa shape index (κ2) is 6.04. The number of benzene rings is 1. The lowest BCUT2D eigenvalue weighted by molar-refractivity contribution is 0.0929. The van der Waals surface area contributed by atoms with Crippen molar-refractivity contribution in [1.82, 2.24) is 5.32 Å². The Kier molecular flexibility index (Phi) is 5.20. The molecule has 100 valence electrons. The quantitative estimate of drug-likeness (QED) is 0.893. The Morgan fingerprint density at radius 3 is 2.61 bits per heavy atom. The topological polar surface area (TPSA) is 55.1 Å². The summed E-state index contributed by atoms with van der Waals surface area (Å²) >= 11 is 3.39. The largest absolute Gasteiger partial charge is 0.350 e. The number of nitrogens with one attached hydrogen (secondary N) is 1. The minimum Gasteiger partial charge on any atom is -0.350 e. The Balaban J connectivity index is 0.00000162. The molecule has 0 atom stereocenters. The van der Waals surface area contributed by atoms with Gasteiger partial charge < -0.3 is 11.1 Å². The monoisotopic (exact) mass is 332 g/mol. The molecule has 1 amide bonds. The van der Waals surface area contributed by atoms with Crippen molar-refractivity contribution in [2.45, 2.75) is 31.7 Å². The van der Waals surface area contributed by atoms with Gasteiger partial charge >= 0.3 is 0 Å². The predicted molar refractivity (Wildman–Crippen MR) is 79.2 cm³/mol. The van der Waals surface area contributed by atoms with Crippen molar-refractivity contribution in [3.8, 4) is 0 Å². The molecule has 0 aromatic heterocycles. The van der Waals surface area contributed by atoms with Crippen LogP contribution in [0.1, 0.15) is 35.2 Å². The van der Waals surface area contributed by atoms with Gasteiger partial charge in [0.05, 0.1) is 0 Å². The molecule has 3 nitrogen and oxygen atoms in total. The summed E-state index contributed by atoms with van der Waals surface area (Å²) in [6.45, 7) is 2.54. The molecular weight excluding hydrogens is 316 g/mol. The SMILES string of the molecule is Cc1cc(Br)cc(C(=O)NCC2(N)CCC2)c1.Cl. The average molecular weight is 334 g/mol. The maximum atomic E-state index is 11.9. The highest BCUT2D eigenvalue weighted by Gasteiger charge is 2.32. The number of hydrogen-bond acceptors (Lipinski definition) is 2. The molecule has 5 heteroatoms. The zero-order valence-electron chi connectivity index (χ0n) is 10.3. The van der Waals surface area contributed by atoms with Gasteiger partial charge in [-0.05, 0) is 49.9 Å². The molecular formula is C13H18BrClN2O. The molecule has 1 fully saturated rings. The van der Waals surface area contributed by atoms with Crippen molar-refractivity contribution in [3.05, 3.63) is 33.8 Å². The van der Waals surface area contributed by atoms with Crippen LogP contribution in [0.4, 0.5) is 0 Å². The minimum absolute atomic E-state index is 0. The first-order chi connectivity index (χ1) is 7.98. The van der Waals surface area contributed by atoms with E-state index in [4.69, 9.17) is 5.73 Å². The summed E-state index contributed by atoms with van der Waals surface area (Å²) in [6, 6.07) is 5.68. The third-order valence-electron chi connectivity index (χ3n) is 3.25. The predicted octanol–water partition coefficient (Wildman–Crippen LogP) is 2.79. The molecule has 0 bridgehead atoms. The van der Waals surface area contributed by atoms with Crippen LogP contribution in [0.15, 0.2) is 22.7 Å². The van der Waals surface area contributed by atoms with Crippen molar-refractivity contribution in [3.63, 3.8) is 0 Å². The lowest BCUT2D eigenvalue weighted by Gasteiger charge is -2.38.